The van der Waals surface area contributed by atoms with Gasteiger partial charge in [-0.15, -0.1) is 5.10 Å². The van der Waals surface area contributed by atoms with Gasteiger partial charge >= 0.3 is 0 Å². The Balaban J connectivity index is 1.76. The molecule has 160 valence electrons. The van der Waals surface area contributed by atoms with Crippen LogP contribution in [-0.2, 0) is 12.1 Å². The average molecular weight is 450 g/mol. The summed E-state index contributed by atoms with van der Waals surface area (Å²) in [6.07, 6.45) is 1.24. The number of nitrogens with zero attached hydrogens (tertiary/aromatic N) is 5. The Bertz CT molecular complexity index is 1220. The quantitative estimate of drug-likeness (QED) is 0.477. The van der Waals surface area contributed by atoms with E-state index in [1.807, 2.05) is 0 Å². The molecule has 2 aromatic carbocycles. The molecule has 0 aliphatic rings. The molecule has 2 atom stereocenters. The normalized spacial score (nSPS) is 14.4. The molecule has 0 fully saturated rings. The third-order valence-corrected chi connectivity index (χ3v) is 5.31. The van der Waals surface area contributed by atoms with E-state index in [2.05, 4.69) is 20.7 Å². The fourth-order valence-electron chi connectivity index (χ4n) is 3.35. The highest BCUT2D eigenvalue weighted by atomic mass is 35.5. The topological polar surface area (TPSA) is 89.9 Å². The van der Waals surface area contributed by atoms with Gasteiger partial charge in [0.25, 0.3) is 0 Å². The summed E-state index contributed by atoms with van der Waals surface area (Å²) in [4.78, 5) is 0. The zero-order valence-corrected chi connectivity index (χ0v) is 16.8. The second kappa shape index (κ2) is 8.12. The molecule has 0 saturated heterocycles. The van der Waals surface area contributed by atoms with Gasteiger partial charge in [-0.25, -0.2) is 17.9 Å². The molecule has 11 heteroatoms. The zero-order chi connectivity index (χ0) is 22.2. The third-order valence-electron chi connectivity index (χ3n) is 5.07. The zero-order valence-electron chi connectivity index (χ0n) is 16.0. The summed E-state index contributed by atoms with van der Waals surface area (Å²) >= 11 is 5.78. The molecule has 0 amide bonds. The van der Waals surface area contributed by atoms with Crippen LogP contribution in [-0.4, -0.2) is 30.5 Å². The molecule has 0 saturated carbocycles. The van der Waals surface area contributed by atoms with E-state index >= 15 is 0 Å². The van der Waals surface area contributed by atoms with E-state index < -0.39 is 29.0 Å². The van der Waals surface area contributed by atoms with Crippen LogP contribution in [0.5, 0.6) is 0 Å². The van der Waals surface area contributed by atoms with Crippen LogP contribution < -0.4 is 0 Å². The van der Waals surface area contributed by atoms with Crippen LogP contribution in [0.25, 0.3) is 11.3 Å². The molecular weight excluding hydrogens is 435 g/mol. The molecule has 0 spiro atoms. The van der Waals surface area contributed by atoms with Gasteiger partial charge in [-0.1, -0.05) is 29.7 Å². The van der Waals surface area contributed by atoms with Gasteiger partial charge in [-0.05, 0) is 34.7 Å². The molecule has 7 nitrogen and oxygen atoms in total. The summed E-state index contributed by atoms with van der Waals surface area (Å²) in [5.41, 5.74) is -1.83. The summed E-state index contributed by atoms with van der Waals surface area (Å²) in [5, 5.41) is 26.4. The summed E-state index contributed by atoms with van der Waals surface area (Å²) in [6, 6.07) is 8.35. The highest BCUT2D eigenvalue weighted by molar-refractivity contribution is 6.30. The number of hydrogen-bond donors (Lipinski definition) is 1. The Hall–Kier alpha value is -3.24. The number of rotatable bonds is 6. The molecule has 0 unspecified atom stereocenters. The number of aromatic nitrogens is 5. The van der Waals surface area contributed by atoms with Crippen molar-refractivity contribution in [1.29, 1.82) is 0 Å². The van der Waals surface area contributed by atoms with Crippen LogP contribution in [0.1, 0.15) is 24.2 Å². The van der Waals surface area contributed by atoms with Gasteiger partial charge in [0, 0.05) is 28.3 Å². The maximum atomic E-state index is 14.6. The van der Waals surface area contributed by atoms with E-state index in [1.54, 1.807) is 6.92 Å². The summed E-state index contributed by atoms with van der Waals surface area (Å²) in [7, 11) is 0. The van der Waals surface area contributed by atoms with Gasteiger partial charge in [-0.3, -0.25) is 0 Å². The second-order valence-electron chi connectivity index (χ2n) is 7.02. The second-order valence-corrected chi connectivity index (χ2v) is 7.45. The van der Waals surface area contributed by atoms with Crippen molar-refractivity contribution in [2.45, 2.75) is 25.0 Å². The van der Waals surface area contributed by atoms with Crippen LogP contribution in [0.4, 0.5) is 13.2 Å². The van der Waals surface area contributed by atoms with E-state index in [4.69, 9.17) is 16.1 Å². The fraction of sp³-hybridized carbons (Fsp3) is 0.200. The molecule has 1 N–H and O–H groups in total. The van der Waals surface area contributed by atoms with Crippen LogP contribution in [0.3, 0.4) is 0 Å². The predicted molar refractivity (Wildman–Crippen MR) is 103 cm³/mol. The molecule has 0 aliphatic heterocycles. The van der Waals surface area contributed by atoms with Gasteiger partial charge in [0.05, 0.1) is 12.5 Å². The van der Waals surface area contributed by atoms with E-state index in [-0.39, 0.29) is 34.1 Å². The molecule has 4 aromatic rings. The summed E-state index contributed by atoms with van der Waals surface area (Å²) < 4.78 is 48.9. The van der Waals surface area contributed by atoms with Crippen LogP contribution >= 0.6 is 11.6 Å². The highest BCUT2D eigenvalue weighted by Crippen LogP contribution is 2.40. The molecule has 4 rings (SSSR count). The number of tetrazole rings is 1. The summed E-state index contributed by atoms with van der Waals surface area (Å²) in [6.45, 7) is 1.30. The fourth-order valence-corrected chi connectivity index (χ4v) is 3.51. The van der Waals surface area contributed by atoms with E-state index in [0.717, 1.165) is 18.2 Å². The molecule has 0 bridgehead atoms. The lowest BCUT2D eigenvalue weighted by atomic mass is 9.80. The van der Waals surface area contributed by atoms with Gasteiger partial charge in [0.1, 0.15) is 40.8 Å². The first-order valence-electron chi connectivity index (χ1n) is 9.08. The van der Waals surface area contributed by atoms with Gasteiger partial charge in [-0.2, -0.15) is 0 Å². The first-order chi connectivity index (χ1) is 14.8. The van der Waals surface area contributed by atoms with Crippen molar-refractivity contribution < 1.29 is 22.8 Å². The Kier molecular flexibility index (Phi) is 5.50. The Morgan fingerprint density at radius 3 is 2.61 bits per heavy atom. The first-order valence-corrected chi connectivity index (χ1v) is 9.46. The van der Waals surface area contributed by atoms with Crippen molar-refractivity contribution in [2.75, 3.05) is 0 Å². The van der Waals surface area contributed by atoms with Gasteiger partial charge in [0.15, 0.2) is 0 Å². The van der Waals surface area contributed by atoms with Gasteiger partial charge < -0.3 is 9.63 Å². The monoisotopic (exact) mass is 449 g/mol. The Morgan fingerprint density at radius 1 is 1.13 bits per heavy atom. The molecular formula is C20H15ClF3N5O2. The lowest BCUT2D eigenvalue weighted by Crippen LogP contribution is -2.38. The maximum Gasteiger partial charge on any atom is 0.143 e. The largest absolute Gasteiger partial charge is 0.382 e. The molecule has 0 aliphatic carbocycles. The smallest absolute Gasteiger partial charge is 0.143 e. The van der Waals surface area contributed by atoms with Crippen LogP contribution in [0, 0.1) is 17.5 Å². The number of hydrogen-bond acceptors (Lipinski definition) is 6. The summed E-state index contributed by atoms with van der Waals surface area (Å²) in [5.74, 6) is -3.12. The third kappa shape index (κ3) is 4.04. The van der Waals surface area contributed by atoms with Crippen molar-refractivity contribution in [3.05, 3.63) is 82.6 Å². The lowest BCUT2D eigenvalue weighted by molar-refractivity contribution is -0.0185. The van der Waals surface area contributed by atoms with Crippen molar-refractivity contribution in [3.8, 4) is 11.3 Å². The van der Waals surface area contributed by atoms with Crippen molar-refractivity contribution in [2.24, 2.45) is 0 Å². The van der Waals surface area contributed by atoms with Crippen molar-refractivity contribution in [3.63, 3.8) is 0 Å². The van der Waals surface area contributed by atoms with Crippen molar-refractivity contribution >= 4 is 11.6 Å². The molecule has 0 radical (unpaired) electrons. The standard InChI is InChI=1S/C20H15ClF3N5O2/c1-11(19-8-18(26-31-19)14-4-2-12(21)6-16(14)23)20(30,9-29-10-25-27-28-29)15-5-3-13(22)7-17(15)24/h2-8,10-11,30H,9H2,1H3/t11-,20+/m0/s1. The number of aliphatic hydroxyl groups is 1. The predicted octanol–water partition coefficient (Wildman–Crippen LogP) is 4.09. The lowest BCUT2D eigenvalue weighted by Gasteiger charge is -2.33. The van der Waals surface area contributed by atoms with Crippen LogP contribution in [0.2, 0.25) is 5.02 Å². The molecule has 2 heterocycles. The minimum atomic E-state index is -1.96. The number of halogens is 4. The van der Waals surface area contributed by atoms with E-state index in [1.165, 1.54) is 29.2 Å². The Labute approximate surface area is 179 Å². The highest BCUT2D eigenvalue weighted by Gasteiger charge is 2.42. The number of benzene rings is 2. The SMILES string of the molecule is C[C@@H](c1cc(-c2ccc(Cl)cc2F)no1)[C@](O)(Cn1cnnn1)c1ccc(F)cc1F. The van der Waals surface area contributed by atoms with Gasteiger partial charge in [0.2, 0.25) is 0 Å². The minimum Gasteiger partial charge on any atom is -0.382 e. The van der Waals surface area contributed by atoms with E-state index in [0.29, 0.717) is 6.07 Å². The molecule has 31 heavy (non-hydrogen) atoms. The maximum absolute atomic E-state index is 14.6. The van der Waals surface area contributed by atoms with Crippen LogP contribution in [0.15, 0.2) is 53.3 Å². The molecule has 2 aromatic heterocycles. The Morgan fingerprint density at radius 2 is 1.94 bits per heavy atom. The first kappa shape index (κ1) is 21.0. The average Bonchev–Trinajstić information content (AvgIpc) is 3.39. The van der Waals surface area contributed by atoms with Crippen molar-refractivity contribution in [1.82, 2.24) is 25.4 Å². The van der Waals surface area contributed by atoms with E-state index in [9.17, 15) is 18.3 Å². The minimum absolute atomic E-state index is 0.142.